The Morgan fingerprint density at radius 1 is 1.08 bits per heavy atom. The molecule has 0 aromatic heterocycles. The Labute approximate surface area is 78.1 Å². The maximum absolute atomic E-state index is 2.42. The fraction of sp³-hybridized carbons (Fsp3) is 1.00. The van der Waals surface area contributed by atoms with Crippen LogP contribution in [0.15, 0.2) is 0 Å². The van der Waals surface area contributed by atoms with Crippen molar-refractivity contribution in [3.8, 4) is 0 Å². The lowest BCUT2D eigenvalue weighted by atomic mass is 9.80. The van der Waals surface area contributed by atoms with Crippen LogP contribution in [0, 0.1) is 5.41 Å². The third kappa shape index (κ3) is 4.76. The second-order valence-corrected chi connectivity index (χ2v) is 4.47. The normalized spacial score (nSPS) is 16.5. The van der Waals surface area contributed by atoms with Gasteiger partial charge in [0, 0.05) is 0 Å². The Bertz CT molecular complexity index is 110. The van der Waals surface area contributed by atoms with Crippen molar-refractivity contribution in [3.05, 3.63) is 0 Å². The maximum Gasteiger partial charge on any atom is -0.00196 e. The first kappa shape index (κ1) is 12.0. The lowest BCUT2D eigenvalue weighted by molar-refractivity contribution is 0.223. The summed E-state index contributed by atoms with van der Waals surface area (Å²) in [6.45, 7) is 8.24. The summed E-state index contributed by atoms with van der Waals surface area (Å²) < 4.78 is 0. The summed E-state index contributed by atoms with van der Waals surface area (Å²) in [6.07, 6.45) is 5.34. The highest BCUT2D eigenvalue weighted by molar-refractivity contribution is 4.72. The van der Waals surface area contributed by atoms with Crippen molar-refractivity contribution in [1.82, 2.24) is 4.90 Å². The van der Waals surface area contributed by atoms with E-state index in [1.165, 1.54) is 32.2 Å². The summed E-state index contributed by atoms with van der Waals surface area (Å²) in [5.41, 5.74) is 0.582. The largest absolute Gasteiger partial charge is 0.309 e. The van der Waals surface area contributed by atoms with Crippen molar-refractivity contribution in [2.75, 3.05) is 20.6 Å². The summed E-state index contributed by atoms with van der Waals surface area (Å²) in [5, 5.41) is 0. The van der Waals surface area contributed by atoms with Gasteiger partial charge < -0.3 is 4.90 Å². The minimum atomic E-state index is 0.582. The Morgan fingerprint density at radius 2 is 1.67 bits per heavy atom. The molecule has 0 heterocycles. The SMILES string of the molecule is CCCC(C)(CC)CCN(C)C. The van der Waals surface area contributed by atoms with E-state index in [1.54, 1.807) is 0 Å². The molecular weight excluding hydrogens is 146 g/mol. The zero-order chi connectivity index (χ0) is 9.61. The van der Waals surface area contributed by atoms with E-state index in [9.17, 15) is 0 Å². The van der Waals surface area contributed by atoms with Crippen LogP contribution in [0.5, 0.6) is 0 Å². The van der Waals surface area contributed by atoms with Gasteiger partial charge in [-0.2, -0.15) is 0 Å². The summed E-state index contributed by atoms with van der Waals surface area (Å²) in [4.78, 5) is 2.28. The monoisotopic (exact) mass is 171 g/mol. The molecule has 0 rings (SSSR count). The second kappa shape index (κ2) is 5.58. The topological polar surface area (TPSA) is 3.24 Å². The lowest BCUT2D eigenvalue weighted by Gasteiger charge is -2.29. The Morgan fingerprint density at radius 3 is 2.00 bits per heavy atom. The molecule has 0 aromatic carbocycles. The van der Waals surface area contributed by atoms with E-state index in [0.29, 0.717) is 5.41 Å². The van der Waals surface area contributed by atoms with Crippen molar-refractivity contribution in [2.45, 2.75) is 46.5 Å². The average Bonchev–Trinajstić information content (AvgIpc) is 2.02. The fourth-order valence-electron chi connectivity index (χ4n) is 1.58. The van der Waals surface area contributed by atoms with E-state index in [2.05, 4.69) is 39.8 Å². The first-order valence-corrected chi connectivity index (χ1v) is 5.19. The molecule has 0 aliphatic rings. The van der Waals surface area contributed by atoms with Gasteiger partial charge in [0.2, 0.25) is 0 Å². The van der Waals surface area contributed by atoms with Crippen LogP contribution in [-0.4, -0.2) is 25.5 Å². The predicted octanol–water partition coefficient (Wildman–Crippen LogP) is 3.15. The minimum absolute atomic E-state index is 0.582. The molecule has 1 atom stereocenters. The molecular formula is C11H25N. The lowest BCUT2D eigenvalue weighted by Crippen LogP contribution is -2.23. The van der Waals surface area contributed by atoms with Crippen molar-refractivity contribution in [1.29, 1.82) is 0 Å². The van der Waals surface area contributed by atoms with Crippen molar-refractivity contribution in [2.24, 2.45) is 5.41 Å². The van der Waals surface area contributed by atoms with Crippen LogP contribution in [-0.2, 0) is 0 Å². The molecule has 1 heteroatoms. The van der Waals surface area contributed by atoms with Crippen LogP contribution in [0.1, 0.15) is 46.5 Å². The quantitative estimate of drug-likeness (QED) is 0.593. The third-order valence-corrected chi connectivity index (χ3v) is 2.87. The van der Waals surface area contributed by atoms with Crippen molar-refractivity contribution >= 4 is 0 Å². The van der Waals surface area contributed by atoms with Crippen LogP contribution in [0.2, 0.25) is 0 Å². The van der Waals surface area contributed by atoms with Gasteiger partial charge in [-0.05, 0) is 38.9 Å². The summed E-state index contributed by atoms with van der Waals surface area (Å²) in [5.74, 6) is 0. The van der Waals surface area contributed by atoms with Gasteiger partial charge in [0.1, 0.15) is 0 Å². The molecule has 0 N–H and O–H groups in total. The van der Waals surface area contributed by atoms with Crippen LogP contribution in [0.3, 0.4) is 0 Å². The van der Waals surface area contributed by atoms with Gasteiger partial charge in [0.05, 0.1) is 0 Å². The van der Waals surface area contributed by atoms with E-state index >= 15 is 0 Å². The van der Waals surface area contributed by atoms with Crippen LogP contribution in [0.4, 0.5) is 0 Å². The molecule has 1 unspecified atom stereocenters. The smallest absolute Gasteiger partial charge is 0.00196 e. The minimum Gasteiger partial charge on any atom is -0.309 e. The first-order chi connectivity index (χ1) is 5.54. The average molecular weight is 171 g/mol. The molecule has 0 saturated heterocycles. The molecule has 0 amide bonds. The second-order valence-electron chi connectivity index (χ2n) is 4.47. The molecule has 74 valence electrons. The highest BCUT2D eigenvalue weighted by Crippen LogP contribution is 2.31. The molecule has 0 bridgehead atoms. The first-order valence-electron chi connectivity index (χ1n) is 5.19. The van der Waals surface area contributed by atoms with Crippen molar-refractivity contribution in [3.63, 3.8) is 0 Å². The zero-order valence-corrected chi connectivity index (χ0v) is 9.48. The van der Waals surface area contributed by atoms with Gasteiger partial charge in [-0.1, -0.05) is 33.6 Å². The summed E-state index contributed by atoms with van der Waals surface area (Å²) in [7, 11) is 4.31. The van der Waals surface area contributed by atoms with Gasteiger partial charge in [-0.25, -0.2) is 0 Å². The zero-order valence-electron chi connectivity index (χ0n) is 9.48. The fourth-order valence-corrected chi connectivity index (χ4v) is 1.58. The molecule has 0 radical (unpaired) electrons. The van der Waals surface area contributed by atoms with Crippen LogP contribution >= 0.6 is 0 Å². The summed E-state index contributed by atoms with van der Waals surface area (Å²) in [6, 6.07) is 0. The molecule has 1 nitrogen and oxygen atoms in total. The summed E-state index contributed by atoms with van der Waals surface area (Å²) >= 11 is 0. The molecule has 12 heavy (non-hydrogen) atoms. The molecule has 0 spiro atoms. The molecule has 0 aromatic rings. The number of hydrogen-bond acceptors (Lipinski definition) is 1. The maximum atomic E-state index is 2.42. The Kier molecular flexibility index (Phi) is 5.56. The van der Waals surface area contributed by atoms with E-state index in [0.717, 1.165) is 0 Å². The Balaban J connectivity index is 3.78. The third-order valence-electron chi connectivity index (χ3n) is 2.87. The Hall–Kier alpha value is -0.0400. The van der Waals surface area contributed by atoms with E-state index in [1.807, 2.05) is 0 Å². The molecule has 0 aliphatic carbocycles. The number of rotatable bonds is 6. The van der Waals surface area contributed by atoms with Crippen LogP contribution in [0.25, 0.3) is 0 Å². The van der Waals surface area contributed by atoms with Gasteiger partial charge >= 0.3 is 0 Å². The standard InChI is InChI=1S/C11H25N/c1-6-8-11(3,7-2)9-10-12(4)5/h6-10H2,1-5H3. The molecule has 0 fully saturated rings. The van der Waals surface area contributed by atoms with Crippen LogP contribution < -0.4 is 0 Å². The van der Waals surface area contributed by atoms with Gasteiger partial charge in [0.25, 0.3) is 0 Å². The molecule has 0 aliphatic heterocycles. The highest BCUT2D eigenvalue weighted by atomic mass is 15.0. The van der Waals surface area contributed by atoms with Crippen molar-refractivity contribution < 1.29 is 0 Å². The predicted molar refractivity (Wildman–Crippen MR) is 56.5 cm³/mol. The van der Waals surface area contributed by atoms with Gasteiger partial charge in [0.15, 0.2) is 0 Å². The van der Waals surface area contributed by atoms with Gasteiger partial charge in [-0.3, -0.25) is 0 Å². The number of nitrogens with zero attached hydrogens (tertiary/aromatic N) is 1. The van der Waals surface area contributed by atoms with E-state index < -0.39 is 0 Å². The van der Waals surface area contributed by atoms with Gasteiger partial charge in [-0.15, -0.1) is 0 Å². The van der Waals surface area contributed by atoms with E-state index in [-0.39, 0.29) is 0 Å². The van der Waals surface area contributed by atoms with E-state index in [4.69, 9.17) is 0 Å². The molecule has 0 saturated carbocycles. The number of hydrogen-bond donors (Lipinski definition) is 0. The highest BCUT2D eigenvalue weighted by Gasteiger charge is 2.20.